The molecule has 19 heavy (non-hydrogen) atoms. The highest BCUT2D eigenvalue weighted by atomic mass is 32.1. The summed E-state index contributed by atoms with van der Waals surface area (Å²) in [6.07, 6.45) is 2.56. The van der Waals surface area contributed by atoms with E-state index in [0.29, 0.717) is 12.0 Å². The van der Waals surface area contributed by atoms with Crippen molar-refractivity contribution in [2.45, 2.75) is 32.3 Å². The number of aliphatic hydroxyl groups is 1. The van der Waals surface area contributed by atoms with Crippen molar-refractivity contribution < 1.29 is 5.11 Å². The van der Waals surface area contributed by atoms with E-state index < -0.39 is 5.60 Å². The Kier molecular flexibility index (Phi) is 4.16. The van der Waals surface area contributed by atoms with E-state index in [4.69, 9.17) is 0 Å². The Labute approximate surface area is 119 Å². The zero-order valence-electron chi connectivity index (χ0n) is 11.9. The van der Waals surface area contributed by atoms with Gasteiger partial charge >= 0.3 is 0 Å². The van der Waals surface area contributed by atoms with E-state index in [1.54, 1.807) is 18.4 Å². The largest absolute Gasteiger partial charge is 0.384 e. The Morgan fingerprint density at radius 3 is 2.79 bits per heavy atom. The maximum atomic E-state index is 10.4. The summed E-state index contributed by atoms with van der Waals surface area (Å²) in [6.45, 7) is 5.47. The first-order chi connectivity index (χ1) is 8.95. The third-order valence-corrected chi connectivity index (χ3v) is 4.44. The van der Waals surface area contributed by atoms with Crippen LogP contribution in [0.1, 0.15) is 32.3 Å². The summed E-state index contributed by atoms with van der Waals surface area (Å²) in [4.78, 5) is 4.19. The molecule has 5 heteroatoms. The normalized spacial score (nSPS) is 20.7. The van der Waals surface area contributed by atoms with Crippen LogP contribution >= 0.6 is 11.3 Å². The van der Waals surface area contributed by atoms with E-state index in [2.05, 4.69) is 22.5 Å². The fourth-order valence-electron chi connectivity index (χ4n) is 1.84. The quantitative estimate of drug-likeness (QED) is 0.571. The summed E-state index contributed by atoms with van der Waals surface area (Å²) in [6, 6.07) is 1.95. The first-order valence-corrected chi connectivity index (χ1v) is 7.59. The third kappa shape index (κ3) is 3.94. The number of hydrogen-bond acceptors (Lipinski definition) is 3. The van der Waals surface area contributed by atoms with Crippen molar-refractivity contribution >= 4 is 17.3 Å². The Morgan fingerprint density at radius 2 is 2.26 bits per heavy atom. The van der Waals surface area contributed by atoms with Gasteiger partial charge in [0.15, 0.2) is 5.96 Å². The molecule has 1 saturated carbocycles. The van der Waals surface area contributed by atoms with Crippen molar-refractivity contribution in [3.63, 3.8) is 0 Å². The van der Waals surface area contributed by atoms with Crippen molar-refractivity contribution in [1.82, 2.24) is 10.6 Å². The Hall–Kier alpha value is -1.07. The van der Waals surface area contributed by atoms with Gasteiger partial charge in [-0.15, -0.1) is 0 Å². The molecule has 1 heterocycles. The Bertz CT molecular complexity index is 436. The molecule has 1 aliphatic rings. The molecular formula is C14H23N3OS. The lowest BCUT2D eigenvalue weighted by atomic mass is 9.99. The van der Waals surface area contributed by atoms with E-state index in [0.717, 1.165) is 18.1 Å². The number of aliphatic imine (C=N–C) groups is 1. The van der Waals surface area contributed by atoms with Gasteiger partial charge in [0.05, 0.1) is 6.54 Å². The number of nitrogens with zero attached hydrogens (tertiary/aromatic N) is 1. The van der Waals surface area contributed by atoms with Gasteiger partial charge in [-0.1, -0.05) is 6.92 Å². The van der Waals surface area contributed by atoms with Gasteiger partial charge in [0, 0.05) is 13.6 Å². The average molecular weight is 281 g/mol. The molecule has 2 rings (SSSR count). The molecule has 1 aromatic rings. The highest BCUT2D eigenvalue weighted by Crippen LogP contribution is 2.43. The smallest absolute Gasteiger partial charge is 0.191 e. The molecule has 1 aliphatic carbocycles. The molecule has 0 aliphatic heterocycles. The van der Waals surface area contributed by atoms with Gasteiger partial charge in [0.2, 0.25) is 0 Å². The fraction of sp³-hybridized carbons (Fsp3) is 0.643. The number of guanidine groups is 1. The van der Waals surface area contributed by atoms with Gasteiger partial charge < -0.3 is 15.7 Å². The minimum Gasteiger partial charge on any atom is -0.384 e. The molecule has 3 N–H and O–H groups in total. The van der Waals surface area contributed by atoms with E-state index >= 15 is 0 Å². The summed E-state index contributed by atoms with van der Waals surface area (Å²) in [5, 5.41) is 20.9. The monoisotopic (exact) mass is 281 g/mol. The summed E-state index contributed by atoms with van der Waals surface area (Å²) in [5.74, 6) is 0.753. The van der Waals surface area contributed by atoms with Gasteiger partial charge in [-0.05, 0) is 47.6 Å². The van der Waals surface area contributed by atoms with Crippen LogP contribution in [0.5, 0.6) is 0 Å². The minimum atomic E-state index is -0.874. The van der Waals surface area contributed by atoms with Gasteiger partial charge in [-0.2, -0.15) is 11.3 Å². The minimum absolute atomic E-state index is 0.438. The van der Waals surface area contributed by atoms with Crippen molar-refractivity contribution in [2.24, 2.45) is 10.4 Å². The number of thiophene rings is 1. The lowest BCUT2D eigenvalue weighted by Crippen LogP contribution is -2.45. The molecule has 0 saturated heterocycles. The van der Waals surface area contributed by atoms with Gasteiger partial charge in [0.25, 0.3) is 0 Å². The van der Waals surface area contributed by atoms with E-state index in [9.17, 15) is 5.11 Å². The second-order valence-electron chi connectivity index (χ2n) is 5.88. The maximum absolute atomic E-state index is 10.4. The van der Waals surface area contributed by atoms with Crippen LogP contribution in [0.2, 0.25) is 0 Å². The number of nitrogens with one attached hydrogen (secondary N) is 2. The maximum Gasteiger partial charge on any atom is 0.191 e. The van der Waals surface area contributed by atoms with Crippen molar-refractivity contribution in [1.29, 1.82) is 0 Å². The molecule has 0 amide bonds. The van der Waals surface area contributed by atoms with E-state index in [1.165, 1.54) is 12.8 Å². The zero-order chi connectivity index (χ0) is 13.9. The lowest BCUT2D eigenvalue weighted by molar-refractivity contribution is 0.0621. The van der Waals surface area contributed by atoms with Crippen LogP contribution in [0.15, 0.2) is 21.8 Å². The van der Waals surface area contributed by atoms with Crippen LogP contribution in [-0.4, -0.2) is 31.2 Å². The van der Waals surface area contributed by atoms with Crippen LogP contribution in [0, 0.1) is 5.41 Å². The first-order valence-electron chi connectivity index (χ1n) is 6.65. The number of hydrogen-bond donors (Lipinski definition) is 3. The Morgan fingerprint density at radius 1 is 1.53 bits per heavy atom. The predicted octanol–water partition coefficient (Wildman–Crippen LogP) is 1.92. The van der Waals surface area contributed by atoms with Crippen molar-refractivity contribution in [3.8, 4) is 0 Å². The molecule has 1 aromatic heterocycles. The topological polar surface area (TPSA) is 56.7 Å². The molecule has 0 bridgehead atoms. The van der Waals surface area contributed by atoms with Gasteiger partial charge in [-0.25, -0.2) is 0 Å². The highest BCUT2D eigenvalue weighted by molar-refractivity contribution is 7.08. The standard InChI is InChI=1S/C14H23N3OS/c1-13(5-6-13)9-16-12(15-3)17-10-14(2,18)11-4-7-19-8-11/h4,7-8,18H,5-6,9-10H2,1-3H3,(H2,15,16,17). The second-order valence-corrected chi connectivity index (χ2v) is 6.66. The highest BCUT2D eigenvalue weighted by Gasteiger charge is 2.37. The van der Waals surface area contributed by atoms with Gasteiger partial charge in [-0.3, -0.25) is 4.99 Å². The summed E-state index contributed by atoms with van der Waals surface area (Å²) < 4.78 is 0. The lowest BCUT2D eigenvalue weighted by Gasteiger charge is -2.24. The van der Waals surface area contributed by atoms with Crippen LogP contribution < -0.4 is 10.6 Å². The van der Waals surface area contributed by atoms with Crippen molar-refractivity contribution in [3.05, 3.63) is 22.4 Å². The molecular weight excluding hydrogens is 258 g/mol. The summed E-state index contributed by atoms with van der Waals surface area (Å²) in [5.41, 5.74) is 0.504. The summed E-state index contributed by atoms with van der Waals surface area (Å²) >= 11 is 1.59. The Balaban J connectivity index is 1.82. The van der Waals surface area contributed by atoms with E-state index in [-0.39, 0.29) is 0 Å². The number of rotatable bonds is 5. The molecule has 1 fully saturated rings. The van der Waals surface area contributed by atoms with Crippen LogP contribution in [-0.2, 0) is 5.60 Å². The second kappa shape index (κ2) is 5.51. The van der Waals surface area contributed by atoms with Crippen LogP contribution in [0.25, 0.3) is 0 Å². The molecule has 0 aromatic carbocycles. The molecule has 1 atom stereocenters. The average Bonchev–Trinajstić information content (AvgIpc) is 2.90. The van der Waals surface area contributed by atoms with E-state index in [1.807, 2.05) is 23.8 Å². The molecule has 4 nitrogen and oxygen atoms in total. The van der Waals surface area contributed by atoms with Crippen LogP contribution in [0.3, 0.4) is 0 Å². The van der Waals surface area contributed by atoms with Crippen LogP contribution in [0.4, 0.5) is 0 Å². The van der Waals surface area contributed by atoms with Crippen molar-refractivity contribution in [2.75, 3.05) is 20.1 Å². The fourth-order valence-corrected chi connectivity index (χ4v) is 2.62. The molecule has 1 unspecified atom stereocenters. The molecule has 0 radical (unpaired) electrons. The zero-order valence-corrected chi connectivity index (χ0v) is 12.7. The third-order valence-electron chi connectivity index (χ3n) is 3.75. The summed E-state index contributed by atoms with van der Waals surface area (Å²) in [7, 11) is 1.75. The predicted molar refractivity (Wildman–Crippen MR) is 80.6 cm³/mol. The van der Waals surface area contributed by atoms with Gasteiger partial charge in [0.1, 0.15) is 5.60 Å². The first kappa shape index (κ1) is 14.3. The SMILES string of the molecule is CN=C(NCC1(C)CC1)NCC(C)(O)c1ccsc1. The molecule has 0 spiro atoms. The molecule has 106 valence electrons.